The van der Waals surface area contributed by atoms with E-state index in [4.69, 9.17) is 4.74 Å². The van der Waals surface area contributed by atoms with Crippen LogP contribution in [0.4, 0.5) is 0 Å². The highest BCUT2D eigenvalue weighted by molar-refractivity contribution is 5.82. The van der Waals surface area contributed by atoms with E-state index in [1.54, 1.807) is 0 Å². The largest absolute Gasteiger partial charge is 0.491 e. The Balaban J connectivity index is 1.64. The van der Waals surface area contributed by atoms with Gasteiger partial charge < -0.3 is 15.4 Å². The van der Waals surface area contributed by atoms with Crippen molar-refractivity contribution < 1.29 is 9.53 Å². The summed E-state index contributed by atoms with van der Waals surface area (Å²) in [5, 5.41) is 6.39. The van der Waals surface area contributed by atoms with Gasteiger partial charge in [-0.05, 0) is 31.4 Å². The van der Waals surface area contributed by atoms with Gasteiger partial charge in [-0.25, -0.2) is 0 Å². The molecule has 3 rings (SSSR count). The second-order valence-corrected chi connectivity index (χ2v) is 5.55. The summed E-state index contributed by atoms with van der Waals surface area (Å²) in [7, 11) is 0. The molecule has 102 valence electrons. The van der Waals surface area contributed by atoms with Gasteiger partial charge in [0.15, 0.2) is 0 Å². The highest BCUT2D eigenvalue weighted by atomic mass is 16.5. The highest BCUT2D eigenvalue weighted by Gasteiger charge is 2.30. The Labute approximate surface area is 113 Å². The van der Waals surface area contributed by atoms with Crippen LogP contribution in [-0.4, -0.2) is 25.1 Å². The molecule has 2 N–H and O–H groups in total. The summed E-state index contributed by atoms with van der Waals surface area (Å²) in [4.78, 5) is 12.3. The standard InChI is InChI=1S/C15H20N2O2/c1-10-6-7-16-12(8-10)15(18)17-13-9-19-14-5-3-2-4-11(13)14/h2-5,10,12-13,16H,6-9H2,1H3,(H,17,18)/t10-,12-,13-/m1/s1. The van der Waals surface area contributed by atoms with Gasteiger partial charge in [0.05, 0.1) is 12.1 Å². The van der Waals surface area contributed by atoms with Crippen molar-refractivity contribution in [2.75, 3.05) is 13.2 Å². The van der Waals surface area contributed by atoms with Crippen molar-refractivity contribution in [1.82, 2.24) is 10.6 Å². The molecule has 4 nitrogen and oxygen atoms in total. The van der Waals surface area contributed by atoms with E-state index in [-0.39, 0.29) is 18.0 Å². The maximum Gasteiger partial charge on any atom is 0.237 e. The maximum absolute atomic E-state index is 12.3. The average Bonchev–Trinajstić information content (AvgIpc) is 2.82. The first-order valence-corrected chi connectivity index (χ1v) is 6.99. The lowest BCUT2D eigenvalue weighted by Gasteiger charge is -2.28. The van der Waals surface area contributed by atoms with E-state index in [1.165, 1.54) is 0 Å². The number of fused-ring (bicyclic) bond motifs is 1. The summed E-state index contributed by atoms with van der Waals surface area (Å²) in [6.07, 6.45) is 2.07. The van der Waals surface area contributed by atoms with Crippen LogP contribution in [0.5, 0.6) is 5.75 Å². The summed E-state index contributed by atoms with van der Waals surface area (Å²) < 4.78 is 5.59. The monoisotopic (exact) mass is 260 g/mol. The Morgan fingerprint density at radius 1 is 1.42 bits per heavy atom. The van der Waals surface area contributed by atoms with Crippen LogP contribution in [0.3, 0.4) is 0 Å². The molecule has 2 aliphatic heterocycles. The number of amides is 1. The zero-order valence-corrected chi connectivity index (χ0v) is 11.2. The molecule has 1 amide bonds. The lowest BCUT2D eigenvalue weighted by atomic mass is 9.93. The van der Waals surface area contributed by atoms with Gasteiger partial charge in [0.1, 0.15) is 12.4 Å². The van der Waals surface area contributed by atoms with Gasteiger partial charge in [0.2, 0.25) is 5.91 Å². The van der Waals surface area contributed by atoms with Gasteiger partial charge in [-0.1, -0.05) is 25.1 Å². The lowest BCUT2D eigenvalue weighted by Crippen LogP contribution is -2.49. The molecule has 3 atom stereocenters. The predicted octanol–water partition coefficient (Wildman–Crippen LogP) is 1.62. The zero-order chi connectivity index (χ0) is 13.2. The Morgan fingerprint density at radius 3 is 3.11 bits per heavy atom. The van der Waals surface area contributed by atoms with Crippen molar-refractivity contribution in [2.45, 2.75) is 31.8 Å². The molecule has 0 unspecified atom stereocenters. The number of nitrogens with one attached hydrogen (secondary N) is 2. The first kappa shape index (κ1) is 12.5. The molecule has 4 heteroatoms. The molecule has 0 saturated carbocycles. The van der Waals surface area contributed by atoms with Crippen LogP contribution >= 0.6 is 0 Å². The number of hydrogen-bond acceptors (Lipinski definition) is 3. The van der Waals surface area contributed by atoms with Gasteiger partial charge in [-0.15, -0.1) is 0 Å². The summed E-state index contributed by atoms with van der Waals surface area (Å²) in [6.45, 7) is 3.67. The first-order valence-electron chi connectivity index (χ1n) is 6.99. The summed E-state index contributed by atoms with van der Waals surface area (Å²) in [6, 6.07) is 7.83. The lowest BCUT2D eigenvalue weighted by molar-refractivity contribution is -0.124. The van der Waals surface area contributed by atoms with Crippen LogP contribution in [-0.2, 0) is 4.79 Å². The first-order chi connectivity index (χ1) is 9.24. The van der Waals surface area contributed by atoms with Crippen molar-refractivity contribution in [2.24, 2.45) is 5.92 Å². The third-order valence-electron chi connectivity index (χ3n) is 4.00. The molecule has 1 saturated heterocycles. The zero-order valence-electron chi connectivity index (χ0n) is 11.2. The molecule has 1 aromatic rings. The molecule has 0 bridgehead atoms. The third kappa shape index (κ3) is 2.59. The van der Waals surface area contributed by atoms with E-state index in [0.717, 1.165) is 30.7 Å². The Morgan fingerprint density at radius 2 is 2.26 bits per heavy atom. The molecule has 0 aromatic heterocycles. The molecule has 0 aliphatic carbocycles. The number of ether oxygens (including phenoxy) is 1. The number of piperidine rings is 1. The fraction of sp³-hybridized carbons (Fsp3) is 0.533. The fourth-order valence-corrected chi connectivity index (χ4v) is 2.86. The van der Waals surface area contributed by atoms with Crippen LogP contribution in [0.2, 0.25) is 0 Å². The molecule has 1 fully saturated rings. The topological polar surface area (TPSA) is 50.4 Å². The van der Waals surface area contributed by atoms with Crippen molar-refractivity contribution >= 4 is 5.91 Å². The van der Waals surface area contributed by atoms with Crippen LogP contribution in [0, 0.1) is 5.92 Å². The number of para-hydroxylation sites is 1. The van der Waals surface area contributed by atoms with E-state index in [0.29, 0.717) is 12.5 Å². The smallest absolute Gasteiger partial charge is 0.237 e. The second-order valence-electron chi connectivity index (χ2n) is 5.55. The van der Waals surface area contributed by atoms with Crippen molar-refractivity contribution in [3.63, 3.8) is 0 Å². The third-order valence-corrected chi connectivity index (χ3v) is 4.00. The highest BCUT2D eigenvalue weighted by Crippen LogP contribution is 2.31. The quantitative estimate of drug-likeness (QED) is 0.849. The van der Waals surface area contributed by atoms with Gasteiger partial charge in [-0.2, -0.15) is 0 Å². The molecular formula is C15H20N2O2. The van der Waals surface area contributed by atoms with E-state index in [2.05, 4.69) is 17.6 Å². The molecule has 1 aromatic carbocycles. The van der Waals surface area contributed by atoms with Gasteiger partial charge >= 0.3 is 0 Å². The van der Waals surface area contributed by atoms with Gasteiger partial charge in [-0.3, -0.25) is 4.79 Å². The van der Waals surface area contributed by atoms with Gasteiger partial charge in [0, 0.05) is 5.56 Å². The van der Waals surface area contributed by atoms with Crippen LogP contribution in [0.1, 0.15) is 31.4 Å². The minimum absolute atomic E-state index is 0.0114. The summed E-state index contributed by atoms with van der Waals surface area (Å²) in [5.74, 6) is 1.60. The number of carbonyl (C=O) groups excluding carboxylic acids is 1. The van der Waals surface area contributed by atoms with E-state index in [9.17, 15) is 4.79 Å². The maximum atomic E-state index is 12.3. The molecular weight excluding hydrogens is 240 g/mol. The Hall–Kier alpha value is -1.55. The predicted molar refractivity (Wildman–Crippen MR) is 73.0 cm³/mol. The van der Waals surface area contributed by atoms with Crippen molar-refractivity contribution in [3.05, 3.63) is 29.8 Å². The second kappa shape index (κ2) is 5.21. The normalized spacial score (nSPS) is 29.4. The van der Waals surface area contributed by atoms with Crippen molar-refractivity contribution in [1.29, 1.82) is 0 Å². The molecule has 2 heterocycles. The van der Waals surface area contributed by atoms with E-state index < -0.39 is 0 Å². The molecule has 19 heavy (non-hydrogen) atoms. The van der Waals surface area contributed by atoms with Crippen molar-refractivity contribution in [3.8, 4) is 5.75 Å². The Kier molecular flexibility index (Phi) is 3.42. The Bertz CT molecular complexity index is 475. The minimum Gasteiger partial charge on any atom is -0.491 e. The minimum atomic E-state index is -0.0588. The summed E-state index contributed by atoms with van der Waals surface area (Å²) >= 11 is 0. The number of hydrogen-bond donors (Lipinski definition) is 2. The fourth-order valence-electron chi connectivity index (χ4n) is 2.86. The van der Waals surface area contributed by atoms with Crippen LogP contribution < -0.4 is 15.4 Å². The van der Waals surface area contributed by atoms with E-state index >= 15 is 0 Å². The van der Waals surface area contributed by atoms with Crippen LogP contribution in [0.15, 0.2) is 24.3 Å². The molecule has 0 spiro atoms. The van der Waals surface area contributed by atoms with E-state index in [1.807, 2.05) is 24.3 Å². The van der Waals surface area contributed by atoms with Gasteiger partial charge in [0.25, 0.3) is 0 Å². The number of rotatable bonds is 2. The SMILES string of the molecule is C[C@@H]1CCN[C@@H](C(=O)N[C@@H]2COc3ccccc32)C1. The summed E-state index contributed by atoms with van der Waals surface area (Å²) in [5.41, 5.74) is 1.08. The number of benzene rings is 1. The average molecular weight is 260 g/mol. The van der Waals surface area contributed by atoms with Crippen LogP contribution in [0.25, 0.3) is 0 Å². The molecule has 0 radical (unpaired) electrons. The molecule has 2 aliphatic rings. The number of carbonyl (C=O) groups is 1.